The number of aromatic nitrogens is 1. The Bertz CT molecular complexity index is 411. The summed E-state index contributed by atoms with van der Waals surface area (Å²) in [6, 6.07) is 4.02. The van der Waals surface area contributed by atoms with Gasteiger partial charge in [0.25, 0.3) is 0 Å². The third-order valence-corrected chi connectivity index (χ3v) is 3.86. The summed E-state index contributed by atoms with van der Waals surface area (Å²) in [5.41, 5.74) is 7.57. The van der Waals surface area contributed by atoms with Crippen LogP contribution >= 0.6 is 0 Å². The molecule has 2 aliphatic rings. The minimum Gasteiger partial charge on any atom is -0.481 e. The van der Waals surface area contributed by atoms with E-state index in [9.17, 15) is 0 Å². The molecule has 4 nitrogen and oxygen atoms in total. The van der Waals surface area contributed by atoms with E-state index in [2.05, 4.69) is 16.0 Å². The normalized spacial score (nSPS) is 23.2. The van der Waals surface area contributed by atoms with Gasteiger partial charge in [0, 0.05) is 36.9 Å². The quantitative estimate of drug-likeness (QED) is 0.843. The van der Waals surface area contributed by atoms with Gasteiger partial charge in [0.1, 0.15) is 0 Å². The molecule has 0 radical (unpaired) electrons. The second kappa shape index (κ2) is 3.96. The monoisotopic (exact) mass is 233 g/mol. The summed E-state index contributed by atoms with van der Waals surface area (Å²) < 4.78 is 5.26. The molecule has 1 saturated heterocycles. The molecule has 2 N–H and O–H groups in total. The van der Waals surface area contributed by atoms with Crippen LogP contribution in [0.2, 0.25) is 0 Å². The van der Waals surface area contributed by atoms with Gasteiger partial charge in [0.05, 0.1) is 7.11 Å². The highest BCUT2D eigenvalue weighted by molar-refractivity contribution is 5.26. The molecule has 0 amide bonds. The van der Waals surface area contributed by atoms with E-state index >= 15 is 0 Å². The maximum Gasteiger partial charge on any atom is 0.217 e. The third kappa shape index (κ3) is 2.03. The molecular formula is C13H19N3O. The third-order valence-electron chi connectivity index (χ3n) is 3.86. The Hall–Kier alpha value is -1.13. The molecule has 0 bridgehead atoms. The van der Waals surface area contributed by atoms with Crippen molar-refractivity contribution in [1.29, 1.82) is 0 Å². The fourth-order valence-corrected chi connectivity index (χ4v) is 2.78. The van der Waals surface area contributed by atoms with Crippen molar-refractivity contribution in [3.63, 3.8) is 0 Å². The van der Waals surface area contributed by atoms with Crippen molar-refractivity contribution in [3.05, 3.63) is 23.9 Å². The average Bonchev–Trinajstić information content (AvgIpc) is 3.11. The van der Waals surface area contributed by atoms with Gasteiger partial charge in [0.2, 0.25) is 5.88 Å². The van der Waals surface area contributed by atoms with Crippen molar-refractivity contribution >= 4 is 0 Å². The van der Waals surface area contributed by atoms with E-state index in [1.54, 1.807) is 13.3 Å². The van der Waals surface area contributed by atoms with Crippen molar-refractivity contribution in [2.45, 2.75) is 24.9 Å². The maximum atomic E-state index is 6.33. The first-order valence-electron chi connectivity index (χ1n) is 6.20. The Morgan fingerprint density at radius 2 is 2.29 bits per heavy atom. The number of hydrogen-bond acceptors (Lipinski definition) is 4. The Kier molecular flexibility index (Phi) is 2.56. The highest BCUT2D eigenvalue weighted by Gasteiger charge is 2.50. The van der Waals surface area contributed by atoms with Crippen LogP contribution < -0.4 is 10.5 Å². The van der Waals surface area contributed by atoms with Crippen molar-refractivity contribution in [2.75, 3.05) is 20.2 Å². The lowest BCUT2D eigenvalue weighted by molar-refractivity contribution is 0.0470. The van der Waals surface area contributed by atoms with E-state index in [0.717, 1.165) is 37.0 Å². The molecule has 92 valence electrons. The number of pyridine rings is 1. The fraction of sp³-hybridized carbons (Fsp3) is 0.615. The molecular weight excluding hydrogens is 214 g/mol. The first kappa shape index (κ1) is 11.0. The lowest BCUT2D eigenvalue weighted by atomic mass is 9.85. The summed E-state index contributed by atoms with van der Waals surface area (Å²) >= 11 is 0. The highest BCUT2D eigenvalue weighted by atomic mass is 16.5. The summed E-state index contributed by atoms with van der Waals surface area (Å²) in [5, 5.41) is 0. The summed E-state index contributed by atoms with van der Waals surface area (Å²) in [5.74, 6) is 1.50. The van der Waals surface area contributed by atoms with E-state index in [1.165, 1.54) is 12.8 Å². The van der Waals surface area contributed by atoms with E-state index in [-0.39, 0.29) is 5.54 Å². The first-order valence-corrected chi connectivity index (χ1v) is 6.20. The second-order valence-electron chi connectivity index (χ2n) is 5.32. The topological polar surface area (TPSA) is 51.4 Å². The van der Waals surface area contributed by atoms with Gasteiger partial charge in [-0.25, -0.2) is 4.98 Å². The van der Waals surface area contributed by atoms with Gasteiger partial charge >= 0.3 is 0 Å². The van der Waals surface area contributed by atoms with E-state index < -0.39 is 0 Å². The van der Waals surface area contributed by atoms with Crippen LogP contribution in [0.4, 0.5) is 0 Å². The molecule has 17 heavy (non-hydrogen) atoms. The predicted octanol–water partition coefficient (Wildman–Crippen LogP) is 1.01. The molecule has 1 aliphatic heterocycles. The molecule has 1 aromatic heterocycles. The number of nitrogens with two attached hydrogens (primary N) is 1. The molecule has 1 saturated carbocycles. The predicted molar refractivity (Wildman–Crippen MR) is 65.7 cm³/mol. The van der Waals surface area contributed by atoms with Gasteiger partial charge in [-0.2, -0.15) is 0 Å². The number of hydrogen-bond donors (Lipinski definition) is 1. The Morgan fingerprint density at radius 1 is 1.53 bits per heavy atom. The number of likely N-dealkylation sites (tertiary alicyclic amines) is 1. The molecule has 1 aromatic rings. The van der Waals surface area contributed by atoms with Crippen LogP contribution in [0.25, 0.3) is 0 Å². The lowest BCUT2D eigenvalue weighted by Gasteiger charge is -2.48. The summed E-state index contributed by atoms with van der Waals surface area (Å²) in [7, 11) is 1.67. The standard InChI is InChI=1S/C13H19N3O/c1-17-12-10(3-2-6-15-12)7-16-8-13(14,9-16)11-4-5-11/h2-3,6,11H,4-5,7-9,14H2,1H3. The van der Waals surface area contributed by atoms with Crippen LogP contribution in [0.1, 0.15) is 18.4 Å². The van der Waals surface area contributed by atoms with E-state index in [4.69, 9.17) is 10.5 Å². The molecule has 0 aromatic carbocycles. The first-order chi connectivity index (χ1) is 8.21. The summed E-state index contributed by atoms with van der Waals surface area (Å²) in [4.78, 5) is 6.59. The second-order valence-corrected chi connectivity index (χ2v) is 5.32. The van der Waals surface area contributed by atoms with Crippen molar-refractivity contribution in [2.24, 2.45) is 11.7 Å². The van der Waals surface area contributed by atoms with Crippen LogP contribution in [0, 0.1) is 5.92 Å². The smallest absolute Gasteiger partial charge is 0.217 e. The van der Waals surface area contributed by atoms with Gasteiger partial charge in [-0.1, -0.05) is 6.07 Å². The fourth-order valence-electron chi connectivity index (χ4n) is 2.78. The van der Waals surface area contributed by atoms with Gasteiger partial charge in [0.15, 0.2) is 0 Å². The molecule has 0 atom stereocenters. The molecule has 1 aliphatic carbocycles. The van der Waals surface area contributed by atoms with Crippen molar-refractivity contribution in [3.8, 4) is 5.88 Å². The Balaban J connectivity index is 1.61. The van der Waals surface area contributed by atoms with Crippen molar-refractivity contribution in [1.82, 2.24) is 9.88 Å². The number of nitrogens with zero attached hydrogens (tertiary/aromatic N) is 2. The molecule has 0 unspecified atom stereocenters. The van der Waals surface area contributed by atoms with Gasteiger partial charge in [-0.05, 0) is 24.8 Å². The number of ether oxygens (including phenoxy) is 1. The molecule has 0 spiro atoms. The number of rotatable bonds is 4. The SMILES string of the molecule is COc1ncccc1CN1CC(N)(C2CC2)C1. The number of methoxy groups -OCH3 is 1. The summed E-state index contributed by atoms with van der Waals surface area (Å²) in [6.07, 6.45) is 4.40. The zero-order valence-corrected chi connectivity index (χ0v) is 10.2. The zero-order valence-electron chi connectivity index (χ0n) is 10.2. The maximum absolute atomic E-state index is 6.33. The van der Waals surface area contributed by atoms with Gasteiger partial charge in [-0.3, -0.25) is 4.90 Å². The van der Waals surface area contributed by atoms with E-state index in [0.29, 0.717) is 0 Å². The van der Waals surface area contributed by atoms with Crippen LogP contribution in [0.5, 0.6) is 5.88 Å². The Morgan fingerprint density at radius 3 is 2.94 bits per heavy atom. The molecule has 4 heteroatoms. The summed E-state index contributed by atoms with van der Waals surface area (Å²) in [6.45, 7) is 2.91. The largest absolute Gasteiger partial charge is 0.481 e. The minimum absolute atomic E-state index is 0.0927. The van der Waals surface area contributed by atoms with Crippen LogP contribution in [0.3, 0.4) is 0 Å². The highest BCUT2D eigenvalue weighted by Crippen LogP contribution is 2.43. The van der Waals surface area contributed by atoms with Gasteiger partial charge < -0.3 is 10.5 Å². The van der Waals surface area contributed by atoms with Crippen LogP contribution in [-0.2, 0) is 6.54 Å². The Labute approximate surface area is 102 Å². The molecule has 3 rings (SSSR count). The average molecular weight is 233 g/mol. The zero-order chi connectivity index (χ0) is 11.9. The van der Waals surface area contributed by atoms with E-state index in [1.807, 2.05) is 6.07 Å². The molecule has 2 fully saturated rings. The van der Waals surface area contributed by atoms with Crippen molar-refractivity contribution < 1.29 is 4.74 Å². The van der Waals surface area contributed by atoms with Crippen LogP contribution in [0.15, 0.2) is 18.3 Å². The lowest BCUT2D eigenvalue weighted by Crippen LogP contribution is -2.68. The minimum atomic E-state index is 0.0927. The molecule has 2 heterocycles. The van der Waals surface area contributed by atoms with Crippen LogP contribution in [-0.4, -0.2) is 35.6 Å². The van der Waals surface area contributed by atoms with Gasteiger partial charge in [-0.15, -0.1) is 0 Å².